The largest absolute Gasteiger partial charge is 0.324 e. The first-order chi connectivity index (χ1) is 13.6. The van der Waals surface area contributed by atoms with Gasteiger partial charge in [-0.2, -0.15) is 0 Å². The van der Waals surface area contributed by atoms with Crippen LogP contribution in [-0.2, 0) is 9.59 Å². The number of halogens is 1. The molecular weight excluding hydrogens is 355 g/mol. The predicted molar refractivity (Wildman–Crippen MR) is 106 cm³/mol. The second kappa shape index (κ2) is 8.13. The van der Waals surface area contributed by atoms with Crippen molar-refractivity contribution in [3.8, 4) is 0 Å². The van der Waals surface area contributed by atoms with E-state index in [1.165, 1.54) is 37.8 Å². The fraction of sp³-hybridized carbons (Fsp3) is 0.391. The molecule has 0 aromatic heterocycles. The fourth-order valence-corrected chi connectivity index (χ4v) is 4.47. The summed E-state index contributed by atoms with van der Waals surface area (Å²) in [5.41, 5.74) is 2.05. The summed E-state index contributed by atoms with van der Waals surface area (Å²) in [7, 11) is 0. The lowest BCUT2D eigenvalue weighted by molar-refractivity contribution is -0.136. The highest BCUT2D eigenvalue weighted by Crippen LogP contribution is 2.37. The van der Waals surface area contributed by atoms with E-state index in [0.717, 1.165) is 12.0 Å². The number of nitrogens with zero attached hydrogens (tertiary/aromatic N) is 1. The summed E-state index contributed by atoms with van der Waals surface area (Å²) in [6, 6.07) is 13.4. The Hall–Kier alpha value is -2.69. The summed E-state index contributed by atoms with van der Waals surface area (Å²) in [5.74, 6) is -0.0765. The molecule has 0 radical (unpaired) electrons. The van der Waals surface area contributed by atoms with Crippen LogP contribution in [0.15, 0.2) is 48.5 Å². The highest BCUT2D eigenvalue weighted by molar-refractivity contribution is 5.97. The second-order valence-electron chi connectivity index (χ2n) is 7.80. The maximum atomic E-state index is 14.1. The van der Waals surface area contributed by atoms with Crippen molar-refractivity contribution in [2.75, 3.05) is 11.9 Å². The zero-order valence-corrected chi connectivity index (χ0v) is 15.9. The maximum Gasteiger partial charge on any atom is 0.244 e. The van der Waals surface area contributed by atoms with Gasteiger partial charge < -0.3 is 10.2 Å². The van der Waals surface area contributed by atoms with Crippen LogP contribution in [0.5, 0.6) is 0 Å². The molecule has 5 heteroatoms. The van der Waals surface area contributed by atoms with Crippen LogP contribution in [0.1, 0.15) is 55.7 Å². The smallest absolute Gasteiger partial charge is 0.244 e. The molecule has 2 amide bonds. The summed E-state index contributed by atoms with van der Waals surface area (Å²) >= 11 is 0. The average molecular weight is 380 g/mol. The predicted octanol–water partition coefficient (Wildman–Crippen LogP) is 4.67. The molecule has 1 fully saturated rings. The molecule has 1 aliphatic heterocycles. The van der Waals surface area contributed by atoms with E-state index in [1.54, 1.807) is 11.0 Å². The number of hydrogen-bond donors (Lipinski definition) is 1. The van der Waals surface area contributed by atoms with Crippen LogP contribution in [0.2, 0.25) is 0 Å². The van der Waals surface area contributed by atoms with Crippen LogP contribution in [0.25, 0.3) is 0 Å². The molecule has 4 nitrogen and oxygen atoms in total. The Balaban J connectivity index is 1.69. The van der Waals surface area contributed by atoms with Crippen molar-refractivity contribution in [2.45, 2.75) is 44.6 Å². The molecular formula is C23H25FN2O2. The number of carbonyl (C=O) groups is 2. The van der Waals surface area contributed by atoms with Gasteiger partial charge in [0.2, 0.25) is 11.8 Å². The Labute approximate surface area is 164 Å². The SMILES string of the molecule is O=C1CN(C(=O)CCC2CCCC2)C(c2ccccc2)c2cc(F)ccc2N1. The lowest BCUT2D eigenvalue weighted by Gasteiger charge is -2.31. The zero-order chi connectivity index (χ0) is 19.5. The second-order valence-corrected chi connectivity index (χ2v) is 7.80. The topological polar surface area (TPSA) is 49.4 Å². The van der Waals surface area contributed by atoms with E-state index >= 15 is 0 Å². The van der Waals surface area contributed by atoms with E-state index in [0.29, 0.717) is 23.6 Å². The van der Waals surface area contributed by atoms with Gasteiger partial charge in [-0.3, -0.25) is 9.59 Å². The summed E-state index contributed by atoms with van der Waals surface area (Å²) in [5, 5.41) is 2.83. The number of benzene rings is 2. The Morgan fingerprint density at radius 3 is 2.61 bits per heavy atom. The molecule has 0 spiro atoms. The van der Waals surface area contributed by atoms with E-state index in [-0.39, 0.29) is 24.2 Å². The van der Waals surface area contributed by atoms with Crippen molar-refractivity contribution in [1.82, 2.24) is 4.90 Å². The minimum Gasteiger partial charge on any atom is -0.324 e. The number of fused-ring (bicyclic) bond motifs is 1. The minimum absolute atomic E-state index is 0.0284. The highest BCUT2D eigenvalue weighted by Gasteiger charge is 2.33. The van der Waals surface area contributed by atoms with Crippen LogP contribution < -0.4 is 5.32 Å². The molecule has 0 bridgehead atoms. The monoisotopic (exact) mass is 380 g/mol. The summed E-state index contributed by atoms with van der Waals surface area (Å²) in [6.45, 7) is -0.0284. The Bertz CT molecular complexity index is 862. The maximum absolute atomic E-state index is 14.1. The average Bonchev–Trinajstić information content (AvgIpc) is 3.17. The van der Waals surface area contributed by atoms with Crippen molar-refractivity contribution in [3.05, 3.63) is 65.5 Å². The molecule has 4 rings (SSSR count). The van der Waals surface area contributed by atoms with Crippen LogP contribution in [-0.4, -0.2) is 23.3 Å². The van der Waals surface area contributed by atoms with Crippen molar-refractivity contribution >= 4 is 17.5 Å². The van der Waals surface area contributed by atoms with Crippen molar-refractivity contribution < 1.29 is 14.0 Å². The minimum atomic E-state index is -0.484. The summed E-state index contributed by atoms with van der Waals surface area (Å²) in [6.07, 6.45) is 6.13. The Morgan fingerprint density at radius 2 is 1.86 bits per heavy atom. The first kappa shape index (κ1) is 18.7. The van der Waals surface area contributed by atoms with Crippen LogP contribution in [0.4, 0.5) is 10.1 Å². The van der Waals surface area contributed by atoms with E-state index in [1.807, 2.05) is 30.3 Å². The highest BCUT2D eigenvalue weighted by atomic mass is 19.1. The molecule has 146 valence electrons. The lowest BCUT2D eigenvalue weighted by Crippen LogP contribution is -2.39. The number of anilines is 1. The molecule has 2 aromatic carbocycles. The molecule has 28 heavy (non-hydrogen) atoms. The number of hydrogen-bond acceptors (Lipinski definition) is 2. The van der Waals surface area contributed by atoms with Crippen LogP contribution in [0, 0.1) is 11.7 Å². The third-order valence-corrected chi connectivity index (χ3v) is 5.88. The molecule has 2 aliphatic rings. The van der Waals surface area contributed by atoms with Gasteiger partial charge in [-0.25, -0.2) is 4.39 Å². The quantitative estimate of drug-likeness (QED) is 0.838. The number of amides is 2. The lowest BCUT2D eigenvalue weighted by atomic mass is 9.94. The van der Waals surface area contributed by atoms with Gasteiger partial charge in [-0.15, -0.1) is 0 Å². The Morgan fingerprint density at radius 1 is 1.11 bits per heavy atom. The van der Waals surface area contributed by atoms with Gasteiger partial charge in [0.25, 0.3) is 0 Å². The molecule has 1 N–H and O–H groups in total. The van der Waals surface area contributed by atoms with E-state index in [9.17, 15) is 14.0 Å². The van der Waals surface area contributed by atoms with Crippen molar-refractivity contribution in [3.63, 3.8) is 0 Å². The normalized spacial score (nSPS) is 19.8. The van der Waals surface area contributed by atoms with Gasteiger partial charge in [0, 0.05) is 17.7 Å². The van der Waals surface area contributed by atoms with Crippen molar-refractivity contribution in [2.24, 2.45) is 5.92 Å². The summed E-state index contributed by atoms with van der Waals surface area (Å²) < 4.78 is 14.1. The third kappa shape index (κ3) is 3.93. The van der Waals surface area contributed by atoms with Crippen LogP contribution >= 0.6 is 0 Å². The molecule has 1 aliphatic carbocycles. The van der Waals surface area contributed by atoms with E-state index in [4.69, 9.17) is 0 Å². The number of carbonyl (C=O) groups excluding carboxylic acids is 2. The molecule has 1 unspecified atom stereocenters. The van der Waals surface area contributed by atoms with Gasteiger partial charge in [0.15, 0.2) is 0 Å². The standard InChI is InChI=1S/C23H25FN2O2/c24-18-11-12-20-19(14-18)23(17-8-2-1-3-9-17)26(15-21(27)25-20)22(28)13-10-16-6-4-5-7-16/h1-3,8-9,11-12,14,16,23H,4-7,10,13,15H2,(H,25,27). The Kier molecular flexibility index (Phi) is 5.42. The zero-order valence-electron chi connectivity index (χ0n) is 15.9. The van der Waals surface area contributed by atoms with E-state index < -0.39 is 6.04 Å². The van der Waals surface area contributed by atoms with Gasteiger partial charge in [0.1, 0.15) is 12.4 Å². The number of nitrogens with one attached hydrogen (secondary N) is 1. The molecule has 0 saturated heterocycles. The van der Waals surface area contributed by atoms with Gasteiger partial charge >= 0.3 is 0 Å². The molecule has 2 aromatic rings. The first-order valence-corrected chi connectivity index (χ1v) is 10.1. The molecule has 1 atom stereocenters. The fourth-order valence-electron chi connectivity index (χ4n) is 4.47. The van der Waals surface area contributed by atoms with Crippen molar-refractivity contribution in [1.29, 1.82) is 0 Å². The van der Waals surface area contributed by atoms with Crippen LogP contribution in [0.3, 0.4) is 0 Å². The first-order valence-electron chi connectivity index (χ1n) is 10.1. The van der Waals surface area contributed by atoms with Gasteiger partial charge in [0.05, 0.1) is 6.04 Å². The van der Waals surface area contributed by atoms with Gasteiger partial charge in [-0.05, 0) is 36.1 Å². The van der Waals surface area contributed by atoms with Gasteiger partial charge in [-0.1, -0.05) is 56.0 Å². The molecule has 1 heterocycles. The number of rotatable bonds is 4. The molecule has 1 saturated carbocycles. The summed E-state index contributed by atoms with van der Waals surface area (Å²) in [4.78, 5) is 27.3. The van der Waals surface area contributed by atoms with E-state index in [2.05, 4.69) is 5.32 Å². The third-order valence-electron chi connectivity index (χ3n) is 5.88.